The Labute approximate surface area is 336 Å². The SMILES string of the molecule is Nc1nc(/C(=N/O[C@@H](CNC(=O)c2ccc(O)c(O)c2Cl)C(=O)[O-])C(=O)N[C@@H]2C(=O)N3C(C(=O)[O-])=C(C[N+]45CCC(CC4)CC5)CS[C@H]23)c(Cl)s1.[Na+]. The normalized spacial score (nSPS) is 24.3. The van der Waals surface area contributed by atoms with Crippen molar-refractivity contribution in [3.8, 4) is 11.5 Å². The average molecular weight is 807 g/mol. The van der Waals surface area contributed by atoms with Crippen LogP contribution in [0, 0.1) is 5.92 Å². The Morgan fingerprint density at radius 3 is 2.42 bits per heavy atom. The number of aromatic nitrogens is 1. The second kappa shape index (κ2) is 16.0. The number of carboxylic acid groups (broad SMARTS) is 2. The zero-order valence-corrected chi connectivity index (χ0v) is 32.6. The van der Waals surface area contributed by atoms with Crippen molar-refractivity contribution in [1.29, 1.82) is 0 Å². The quantitative estimate of drug-likeness (QED) is 0.0341. The number of carbonyl (C=O) groups is 5. The number of carboxylic acids is 2. The summed E-state index contributed by atoms with van der Waals surface area (Å²) in [4.78, 5) is 74.1. The molecule has 1 aromatic carbocycles. The molecule has 52 heavy (non-hydrogen) atoms. The number of nitrogen functional groups attached to an aromatic ring is 1. The van der Waals surface area contributed by atoms with E-state index >= 15 is 0 Å². The van der Waals surface area contributed by atoms with Crippen LogP contribution in [0.5, 0.6) is 11.5 Å². The number of carbonyl (C=O) groups excluding carboxylic acids is 5. The standard InChI is InChI=1S/C30H31Cl2N7O10S2.Na/c31-17-14(1-2-15(40)22(17)41)24(42)34-9-16(28(45)46)49-37-19(18-23(32)51-30(33)36-18)25(43)35-20-26(44)38-21(29(47)48)13(11-50-27(20)38)10-39-6-3-12(4-7-39)5-8-39;/h1-2,12,16,20,27H,3-11H2,(H7-,33,34,35,36,37,40,41,42,43,45,46,47,48);/q;+1/p-1/t12?,16-,20+,27+,39?;/m0./s1. The number of fused-ring (bicyclic) bond motifs is 4. The third-order valence-corrected chi connectivity index (χ3v) is 12.3. The van der Waals surface area contributed by atoms with Gasteiger partial charge in [0.15, 0.2) is 28.4 Å². The fourth-order valence-corrected chi connectivity index (χ4v) is 9.24. The summed E-state index contributed by atoms with van der Waals surface area (Å²) in [5, 5.41) is 50.6. The molecule has 6 heterocycles. The smallest absolute Gasteiger partial charge is 0.546 e. The van der Waals surface area contributed by atoms with E-state index < -0.39 is 76.0 Å². The van der Waals surface area contributed by atoms with Gasteiger partial charge >= 0.3 is 29.6 Å². The molecule has 6 N–H and O–H groups in total. The number of nitrogens with two attached hydrogens (primary N) is 1. The van der Waals surface area contributed by atoms with Gasteiger partial charge in [-0.05, 0) is 37.3 Å². The summed E-state index contributed by atoms with van der Waals surface area (Å²) >= 11 is 14.2. The second-order valence-corrected chi connectivity index (χ2v) is 15.7. The third-order valence-electron chi connectivity index (χ3n) is 9.45. The first-order valence-electron chi connectivity index (χ1n) is 15.6. The molecule has 0 spiro atoms. The van der Waals surface area contributed by atoms with Gasteiger partial charge in [0.25, 0.3) is 17.7 Å². The van der Waals surface area contributed by atoms with E-state index in [1.165, 1.54) is 11.8 Å². The number of oxime groups is 1. The van der Waals surface area contributed by atoms with Gasteiger partial charge in [-0.3, -0.25) is 19.3 Å². The van der Waals surface area contributed by atoms with Crippen molar-refractivity contribution in [2.24, 2.45) is 11.1 Å². The number of β-lactam (4-membered cyclic amide) rings is 1. The summed E-state index contributed by atoms with van der Waals surface area (Å²) in [7, 11) is 0. The molecule has 5 aliphatic heterocycles. The Hall–Kier alpha value is -3.30. The number of aromatic hydroxyl groups is 2. The fourth-order valence-electron chi connectivity index (χ4n) is 6.73. The molecule has 3 amide bonds. The number of nitrogens with zero attached hydrogens (tertiary/aromatic N) is 4. The van der Waals surface area contributed by atoms with E-state index in [1.807, 2.05) is 0 Å². The van der Waals surface area contributed by atoms with E-state index in [-0.39, 0.29) is 56.0 Å². The minimum Gasteiger partial charge on any atom is -0.546 e. The second-order valence-electron chi connectivity index (χ2n) is 12.5. The molecule has 7 rings (SSSR count). The van der Waals surface area contributed by atoms with E-state index in [2.05, 4.69) is 20.8 Å². The summed E-state index contributed by atoms with van der Waals surface area (Å²) in [5.41, 5.74) is 4.89. The number of hydrogen-bond acceptors (Lipinski definition) is 15. The molecule has 272 valence electrons. The molecule has 17 nitrogen and oxygen atoms in total. The van der Waals surface area contributed by atoms with Crippen molar-refractivity contribution in [3.05, 3.63) is 44.0 Å². The summed E-state index contributed by atoms with van der Waals surface area (Å²) in [5.74, 6) is -6.42. The number of aliphatic carboxylic acids is 2. The number of phenols is 2. The Bertz CT molecular complexity index is 1870. The first-order chi connectivity index (χ1) is 24.2. The Kier molecular flexibility index (Phi) is 12.3. The first kappa shape index (κ1) is 39.9. The van der Waals surface area contributed by atoms with E-state index in [9.17, 15) is 44.4 Å². The molecule has 0 aliphatic carbocycles. The van der Waals surface area contributed by atoms with Gasteiger partial charge in [-0.2, -0.15) is 0 Å². The van der Waals surface area contributed by atoms with Gasteiger partial charge in [0, 0.05) is 11.3 Å². The molecule has 4 saturated heterocycles. The van der Waals surface area contributed by atoms with Crippen LogP contribution >= 0.6 is 46.3 Å². The largest absolute Gasteiger partial charge is 1.00 e. The molecule has 4 fully saturated rings. The van der Waals surface area contributed by atoms with Gasteiger partial charge in [0.1, 0.15) is 28.0 Å². The number of anilines is 1. The summed E-state index contributed by atoms with van der Waals surface area (Å²) < 4.78 is 0.651. The van der Waals surface area contributed by atoms with Gasteiger partial charge < -0.3 is 55.7 Å². The Balaban J connectivity index is 0.00000523. The monoisotopic (exact) mass is 805 g/mol. The molecule has 5 aliphatic rings. The number of nitrogens with one attached hydrogen (secondary N) is 2. The molecule has 3 atom stereocenters. The number of hydrogen-bond donors (Lipinski definition) is 5. The predicted molar refractivity (Wildman–Crippen MR) is 179 cm³/mol. The minimum atomic E-state index is -2.00. The summed E-state index contributed by atoms with van der Waals surface area (Å²) in [6.07, 6.45) is 1.25. The van der Waals surface area contributed by atoms with Crippen molar-refractivity contribution in [2.75, 3.05) is 44.2 Å². The predicted octanol–water partition coefficient (Wildman–Crippen LogP) is -4.25. The van der Waals surface area contributed by atoms with Gasteiger partial charge in [-0.25, -0.2) is 4.98 Å². The number of benzene rings is 1. The van der Waals surface area contributed by atoms with Gasteiger partial charge in [-0.15, -0.1) is 11.8 Å². The molecule has 0 saturated carbocycles. The molecule has 22 heteroatoms. The minimum absolute atomic E-state index is 0. The Morgan fingerprint density at radius 2 is 1.83 bits per heavy atom. The van der Waals surface area contributed by atoms with Crippen LogP contribution in [0.1, 0.15) is 35.3 Å². The van der Waals surface area contributed by atoms with E-state index in [0.29, 0.717) is 23.8 Å². The molecule has 0 radical (unpaired) electrons. The fraction of sp³-hybridized carbons (Fsp3) is 0.433. The topological polar surface area (TPSA) is 260 Å². The Morgan fingerprint density at radius 1 is 1.15 bits per heavy atom. The first-order valence-corrected chi connectivity index (χ1v) is 18.2. The van der Waals surface area contributed by atoms with Crippen molar-refractivity contribution in [3.63, 3.8) is 0 Å². The van der Waals surface area contributed by atoms with Crippen LogP contribution in [-0.2, 0) is 24.0 Å². The number of thioether (sulfide) groups is 1. The number of phenolic OH excluding ortho intramolecular Hbond substituents is 2. The van der Waals surface area contributed by atoms with Crippen LogP contribution in [0.25, 0.3) is 0 Å². The van der Waals surface area contributed by atoms with E-state index in [0.717, 1.165) is 71.7 Å². The number of piperidine rings is 3. The van der Waals surface area contributed by atoms with Crippen LogP contribution in [0.3, 0.4) is 0 Å². The van der Waals surface area contributed by atoms with E-state index in [4.69, 9.17) is 33.8 Å². The molecular formula is C30H30Cl2N7NaO10S2. The molecule has 0 unspecified atom stereocenters. The van der Waals surface area contributed by atoms with Crippen LogP contribution in [0.4, 0.5) is 5.13 Å². The molecular weight excluding hydrogens is 776 g/mol. The van der Waals surface area contributed by atoms with Gasteiger partial charge in [0.2, 0.25) is 0 Å². The molecule has 1 aromatic heterocycles. The maximum atomic E-state index is 13.6. The number of quaternary nitrogens is 1. The number of rotatable bonds is 12. The molecule has 2 bridgehead atoms. The van der Waals surface area contributed by atoms with Crippen LogP contribution in [-0.4, -0.2) is 116 Å². The molecule has 2 aromatic rings. The maximum absolute atomic E-state index is 13.6. The summed E-state index contributed by atoms with van der Waals surface area (Å²) in [6.45, 7) is 2.57. The van der Waals surface area contributed by atoms with E-state index in [1.54, 1.807) is 0 Å². The summed E-state index contributed by atoms with van der Waals surface area (Å²) in [6, 6.07) is 0.864. The van der Waals surface area contributed by atoms with Crippen molar-refractivity contribution < 1.29 is 83.3 Å². The van der Waals surface area contributed by atoms with Crippen LogP contribution in [0.15, 0.2) is 28.6 Å². The van der Waals surface area contributed by atoms with Crippen LogP contribution in [0.2, 0.25) is 9.36 Å². The number of amides is 3. The maximum Gasteiger partial charge on any atom is 1.00 e. The van der Waals surface area contributed by atoms with Gasteiger partial charge in [-0.1, -0.05) is 39.7 Å². The zero-order chi connectivity index (χ0) is 36.8. The average Bonchev–Trinajstić information content (AvgIpc) is 3.44. The number of halogens is 2. The van der Waals surface area contributed by atoms with Gasteiger partial charge in [0.05, 0.1) is 54.4 Å². The van der Waals surface area contributed by atoms with Crippen LogP contribution < -0.4 is 56.1 Å². The van der Waals surface area contributed by atoms with Crippen molar-refractivity contribution in [1.82, 2.24) is 20.5 Å². The third kappa shape index (κ3) is 7.82. The zero-order valence-electron chi connectivity index (χ0n) is 27.4. The number of thiazole rings is 1. The van der Waals surface area contributed by atoms with Crippen molar-refractivity contribution in [2.45, 2.75) is 36.8 Å². The van der Waals surface area contributed by atoms with Crippen molar-refractivity contribution >= 4 is 86.8 Å².